The summed E-state index contributed by atoms with van der Waals surface area (Å²) in [5, 5.41) is 0.377. The molecular formula is C14H22ClN3O2S. The van der Waals surface area contributed by atoms with Gasteiger partial charge in [-0.3, -0.25) is 4.90 Å². The number of hydrogen-bond acceptors (Lipinski definition) is 4. The molecule has 1 aromatic rings. The molecule has 118 valence electrons. The van der Waals surface area contributed by atoms with Crippen molar-refractivity contribution < 1.29 is 8.42 Å². The Labute approximate surface area is 131 Å². The maximum absolute atomic E-state index is 12.8. The normalized spacial score (nSPS) is 20.6. The Kier molecular flexibility index (Phi) is 4.28. The molecule has 21 heavy (non-hydrogen) atoms. The van der Waals surface area contributed by atoms with E-state index in [1.807, 2.05) is 20.9 Å². The fourth-order valence-electron chi connectivity index (χ4n) is 2.37. The molecule has 0 amide bonds. The first-order chi connectivity index (χ1) is 9.55. The van der Waals surface area contributed by atoms with E-state index in [1.165, 1.54) is 16.4 Å². The summed E-state index contributed by atoms with van der Waals surface area (Å²) in [6.45, 7) is 7.44. The zero-order chi connectivity index (χ0) is 16.0. The average Bonchev–Trinajstić information content (AvgIpc) is 2.38. The zero-order valence-electron chi connectivity index (χ0n) is 12.9. The van der Waals surface area contributed by atoms with Crippen LogP contribution in [-0.4, -0.2) is 49.8 Å². The van der Waals surface area contributed by atoms with Gasteiger partial charge in [0.15, 0.2) is 0 Å². The van der Waals surface area contributed by atoms with Crippen LogP contribution in [0.1, 0.15) is 19.4 Å². The Balaban J connectivity index is 2.39. The lowest BCUT2D eigenvalue weighted by Crippen LogP contribution is -2.58. The highest BCUT2D eigenvalue weighted by molar-refractivity contribution is 7.89. The van der Waals surface area contributed by atoms with Crippen LogP contribution in [0.15, 0.2) is 17.0 Å². The summed E-state index contributed by atoms with van der Waals surface area (Å²) >= 11 is 6.07. The van der Waals surface area contributed by atoms with Gasteiger partial charge in [-0.1, -0.05) is 11.6 Å². The molecule has 0 aliphatic carbocycles. The van der Waals surface area contributed by atoms with E-state index in [4.69, 9.17) is 17.3 Å². The fraction of sp³-hybridized carbons (Fsp3) is 0.571. The van der Waals surface area contributed by atoms with Crippen LogP contribution < -0.4 is 5.73 Å². The Hall–Kier alpha value is -0.820. The minimum absolute atomic E-state index is 0.163. The van der Waals surface area contributed by atoms with E-state index in [1.54, 1.807) is 6.92 Å². The number of sulfonamides is 1. The molecule has 1 aromatic carbocycles. The number of piperazine rings is 1. The number of anilines is 1. The van der Waals surface area contributed by atoms with Gasteiger partial charge in [0.25, 0.3) is 0 Å². The predicted molar refractivity (Wildman–Crippen MR) is 86.1 cm³/mol. The smallest absolute Gasteiger partial charge is 0.243 e. The number of benzene rings is 1. The number of halogens is 1. The number of nitrogens with zero attached hydrogens (tertiary/aromatic N) is 2. The van der Waals surface area contributed by atoms with E-state index in [2.05, 4.69) is 4.90 Å². The first-order valence-corrected chi connectivity index (χ1v) is 8.64. The number of nitrogens with two attached hydrogens (primary N) is 1. The maximum Gasteiger partial charge on any atom is 0.243 e. The molecule has 0 atom stereocenters. The minimum atomic E-state index is -3.58. The van der Waals surface area contributed by atoms with Gasteiger partial charge in [0.2, 0.25) is 10.0 Å². The van der Waals surface area contributed by atoms with Crippen molar-refractivity contribution in [1.29, 1.82) is 0 Å². The summed E-state index contributed by atoms with van der Waals surface area (Å²) in [6.07, 6.45) is 0. The van der Waals surface area contributed by atoms with Gasteiger partial charge in [-0.15, -0.1) is 0 Å². The molecule has 1 aliphatic heterocycles. The van der Waals surface area contributed by atoms with Crippen molar-refractivity contribution in [2.45, 2.75) is 31.2 Å². The molecule has 1 heterocycles. The maximum atomic E-state index is 12.8. The molecule has 2 N–H and O–H groups in total. The summed E-state index contributed by atoms with van der Waals surface area (Å²) in [6, 6.07) is 2.97. The molecular weight excluding hydrogens is 310 g/mol. The third kappa shape index (κ3) is 3.04. The second-order valence-electron chi connectivity index (χ2n) is 6.19. The lowest BCUT2D eigenvalue weighted by atomic mass is 10.0. The molecule has 2 rings (SSSR count). The highest BCUT2D eigenvalue weighted by Crippen LogP contribution is 2.30. The van der Waals surface area contributed by atoms with Crippen LogP contribution >= 0.6 is 11.6 Å². The first kappa shape index (κ1) is 16.5. The third-order valence-corrected chi connectivity index (χ3v) is 6.49. The van der Waals surface area contributed by atoms with Crippen LogP contribution in [0.5, 0.6) is 0 Å². The number of hydrogen-bond donors (Lipinski definition) is 1. The minimum Gasteiger partial charge on any atom is -0.398 e. The van der Waals surface area contributed by atoms with E-state index in [0.717, 1.165) is 0 Å². The molecule has 0 spiro atoms. The van der Waals surface area contributed by atoms with Gasteiger partial charge in [-0.05, 0) is 45.5 Å². The molecule has 0 radical (unpaired) electrons. The highest BCUT2D eigenvalue weighted by atomic mass is 35.5. The van der Waals surface area contributed by atoms with Crippen LogP contribution in [0.3, 0.4) is 0 Å². The lowest BCUT2D eigenvalue weighted by molar-refractivity contribution is 0.0801. The molecule has 5 nitrogen and oxygen atoms in total. The molecule has 0 unspecified atom stereocenters. The van der Waals surface area contributed by atoms with E-state index < -0.39 is 10.0 Å². The van der Waals surface area contributed by atoms with Gasteiger partial charge >= 0.3 is 0 Å². The Morgan fingerprint density at radius 1 is 1.29 bits per heavy atom. The van der Waals surface area contributed by atoms with Crippen molar-refractivity contribution in [2.75, 3.05) is 32.4 Å². The summed E-state index contributed by atoms with van der Waals surface area (Å²) in [5.74, 6) is 0. The van der Waals surface area contributed by atoms with Crippen LogP contribution in [-0.2, 0) is 10.0 Å². The summed E-state index contributed by atoms with van der Waals surface area (Å²) in [4.78, 5) is 2.33. The molecule has 7 heteroatoms. The first-order valence-electron chi connectivity index (χ1n) is 6.83. The lowest BCUT2D eigenvalue weighted by Gasteiger charge is -2.44. The van der Waals surface area contributed by atoms with Gasteiger partial charge in [0, 0.05) is 35.9 Å². The summed E-state index contributed by atoms with van der Waals surface area (Å²) in [5.41, 5.74) is 6.75. The molecule has 0 bridgehead atoms. The number of rotatable bonds is 2. The molecule has 1 fully saturated rings. The van der Waals surface area contributed by atoms with Gasteiger partial charge in [0.05, 0.1) is 4.90 Å². The number of nitrogen functional groups attached to an aromatic ring is 1. The monoisotopic (exact) mass is 331 g/mol. The quantitative estimate of drug-likeness (QED) is 0.841. The SMILES string of the molecule is Cc1c(N)cc(S(=O)(=O)N2CCN(C)C(C)(C)C2)cc1Cl. The topological polar surface area (TPSA) is 66.6 Å². The zero-order valence-corrected chi connectivity index (χ0v) is 14.4. The summed E-state index contributed by atoms with van der Waals surface area (Å²) in [7, 11) is -1.57. The molecule has 0 aromatic heterocycles. The second-order valence-corrected chi connectivity index (χ2v) is 8.54. The second kappa shape index (κ2) is 5.43. The van der Waals surface area contributed by atoms with Gasteiger partial charge < -0.3 is 5.73 Å². The van der Waals surface area contributed by atoms with Crippen molar-refractivity contribution in [1.82, 2.24) is 9.21 Å². The van der Waals surface area contributed by atoms with Crippen molar-refractivity contribution in [3.05, 3.63) is 22.7 Å². The van der Waals surface area contributed by atoms with Crippen molar-refractivity contribution >= 4 is 27.3 Å². The third-order valence-electron chi connectivity index (χ3n) is 4.28. The van der Waals surface area contributed by atoms with E-state index >= 15 is 0 Å². The standard InChI is InChI=1S/C14H22ClN3O2S/c1-10-12(15)7-11(8-13(10)16)21(19,20)18-6-5-17(4)14(2,3)9-18/h7-8H,5-6,9,16H2,1-4H3. The molecule has 1 saturated heterocycles. The van der Waals surface area contributed by atoms with E-state index in [9.17, 15) is 8.42 Å². The number of likely N-dealkylation sites (N-methyl/N-ethyl adjacent to an activating group) is 1. The van der Waals surface area contributed by atoms with Gasteiger partial charge in [-0.25, -0.2) is 8.42 Å². The average molecular weight is 332 g/mol. The Bertz CT molecular complexity index is 635. The van der Waals surface area contributed by atoms with Crippen LogP contribution in [0.4, 0.5) is 5.69 Å². The predicted octanol–water partition coefficient (Wildman–Crippen LogP) is 1.95. The Morgan fingerprint density at radius 2 is 1.90 bits per heavy atom. The van der Waals surface area contributed by atoms with Crippen molar-refractivity contribution in [3.8, 4) is 0 Å². The fourth-order valence-corrected chi connectivity index (χ4v) is 4.31. The summed E-state index contributed by atoms with van der Waals surface area (Å²) < 4.78 is 27.1. The molecule has 0 saturated carbocycles. The van der Waals surface area contributed by atoms with Crippen LogP contribution in [0.2, 0.25) is 5.02 Å². The highest BCUT2D eigenvalue weighted by Gasteiger charge is 2.37. The van der Waals surface area contributed by atoms with Crippen LogP contribution in [0.25, 0.3) is 0 Å². The van der Waals surface area contributed by atoms with Crippen molar-refractivity contribution in [3.63, 3.8) is 0 Å². The van der Waals surface area contributed by atoms with E-state index in [0.29, 0.717) is 35.9 Å². The largest absolute Gasteiger partial charge is 0.398 e. The van der Waals surface area contributed by atoms with Crippen molar-refractivity contribution in [2.24, 2.45) is 0 Å². The van der Waals surface area contributed by atoms with Gasteiger partial charge in [0.1, 0.15) is 0 Å². The molecule has 1 aliphatic rings. The van der Waals surface area contributed by atoms with Crippen LogP contribution in [0, 0.1) is 6.92 Å². The van der Waals surface area contributed by atoms with Gasteiger partial charge in [-0.2, -0.15) is 4.31 Å². The van der Waals surface area contributed by atoms with E-state index in [-0.39, 0.29) is 10.4 Å². The Morgan fingerprint density at radius 3 is 2.43 bits per heavy atom.